The van der Waals surface area contributed by atoms with Crippen LogP contribution in [-0.4, -0.2) is 13.2 Å². The summed E-state index contributed by atoms with van der Waals surface area (Å²) >= 11 is 11.9. The zero-order valence-electron chi connectivity index (χ0n) is 10.9. The van der Waals surface area contributed by atoms with Gasteiger partial charge in [-0.2, -0.15) is 0 Å². The van der Waals surface area contributed by atoms with Crippen molar-refractivity contribution in [2.24, 2.45) is 5.73 Å². The van der Waals surface area contributed by atoms with Crippen LogP contribution in [0.1, 0.15) is 17.2 Å². The van der Waals surface area contributed by atoms with Gasteiger partial charge in [-0.05, 0) is 29.3 Å². The fourth-order valence-electron chi connectivity index (χ4n) is 2.20. The smallest absolute Gasteiger partial charge is 0.162 e. The Kier molecular flexibility index (Phi) is 3.93. The quantitative estimate of drug-likeness (QED) is 0.908. The van der Waals surface area contributed by atoms with Gasteiger partial charge in [0.05, 0.1) is 11.1 Å². The van der Waals surface area contributed by atoms with Crippen LogP contribution < -0.4 is 15.2 Å². The van der Waals surface area contributed by atoms with Gasteiger partial charge in [0.25, 0.3) is 0 Å². The van der Waals surface area contributed by atoms with Crippen molar-refractivity contribution >= 4 is 23.2 Å². The van der Waals surface area contributed by atoms with E-state index in [1.165, 1.54) is 12.1 Å². The van der Waals surface area contributed by atoms with Crippen LogP contribution in [0.3, 0.4) is 0 Å². The minimum absolute atomic E-state index is 0.0548. The molecule has 1 heterocycles. The molecular formula is C15H12Cl2FNO2. The molecule has 0 spiro atoms. The summed E-state index contributed by atoms with van der Waals surface area (Å²) in [7, 11) is 0. The van der Waals surface area contributed by atoms with Crippen molar-refractivity contribution in [3.63, 3.8) is 0 Å². The molecule has 1 atom stereocenters. The van der Waals surface area contributed by atoms with E-state index in [4.69, 9.17) is 38.4 Å². The lowest BCUT2D eigenvalue weighted by atomic mass is 9.99. The second-order valence-corrected chi connectivity index (χ2v) is 5.48. The molecule has 0 amide bonds. The Labute approximate surface area is 131 Å². The SMILES string of the molecule is NC(c1ccc(Cl)c(F)c1)c1cc2c(cc1Cl)OCCO2. The van der Waals surface area contributed by atoms with E-state index < -0.39 is 11.9 Å². The zero-order chi connectivity index (χ0) is 15.0. The van der Waals surface area contributed by atoms with Gasteiger partial charge in [-0.1, -0.05) is 29.3 Å². The van der Waals surface area contributed by atoms with Gasteiger partial charge in [-0.15, -0.1) is 0 Å². The second kappa shape index (κ2) is 5.72. The molecule has 0 bridgehead atoms. The Hall–Kier alpha value is -1.49. The third-order valence-electron chi connectivity index (χ3n) is 3.30. The summed E-state index contributed by atoms with van der Waals surface area (Å²) < 4.78 is 24.5. The van der Waals surface area contributed by atoms with Crippen molar-refractivity contribution < 1.29 is 13.9 Å². The number of hydrogen-bond donors (Lipinski definition) is 1. The summed E-state index contributed by atoms with van der Waals surface area (Å²) in [5.74, 6) is 0.660. The van der Waals surface area contributed by atoms with Gasteiger partial charge in [-0.3, -0.25) is 0 Å². The summed E-state index contributed by atoms with van der Waals surface area (Å²) in [6, 6.07) is 7.26. The van der Waals surface area contributed by atoms with E-state index in [2.05, 4.69) is 0 Å². The molecule has 0 aliphatic carbocycles. The van der Waals surface area contributed by atoms with Crippen LogP contribution in [-0.2, 0) is 0 Å². The first kappa shape index (κ1) is 14.4. The van der Waals surface area contributed by atoms with Crippen molar-refractivity contribution in [1.82, 2.24) is 0 Å². The molecule has 0 fully saturated rings. The fraction of sp³-hybridized carbons (Fsp3) is 0.200. The highest BCUT2D eigenvalue weighted by Crippen LogP contribution is 2.38. The van der Waals surface area contributed by atoms with Crippen molar-refractivity contribution in [1.29, 1.82) is 0 Å². The van der Waals surface area contributed by atoms with Gasteiger partial charge in [0, 0.05) is 11.1 Å². The topological polar surface area (TPSA) is 44.5 Å². The van der Waals surface area contributed by atoms with E-state index in [1.54, 1.807) is 18.2 Å². The number of fused-ring (bicyclic) bond motifs is 1. The number of ether oxygens (including phenoxy) is 2. The Morgan fingerprint density at radius 2 is 1.67 bits per heavy atom. The molecule has 3 rings (SSSR count). The van der Waals surface area contributed by atoms with Gasteiger partial charge < -0.3 is 15.2 Å². The van der Waals surface area contributed by atoms with Crippen LogP contribution in [0.4, 0.5) is 4.39 Å². The lowest BCUT2D eigenvalue weighted by molar-refractivity contribution is 0.171. The maximum absolute atomic E-state index is 13.6. The molecule has 6 heteroatoms. The van der Waals surface area contributed by atoms with Crippen molar-refractivity contribution in [2.75, 3.05) is 13.2 Å². The standard InChI is InChI=1S/C15H12Cl2FNO2/c16-10-2-1-8(5-12(10)18)15(19)9-6-13-14(7-11(9)17)21-4-3-20-13/h1-2,5-7,15H,3-4,19H2. The molecule has 110 valence electrons. The van der Waals surface area contributed by atoms with E-state index in [-0.39, 0.29) is 5.02 Å². The largest absolute Gasteiger partial charge is 0.486 e. The van der Waals surface area contributed by atoms with Gasteiger partial charge in [-0.25, -0.2) is 4.39 Å². The Morgan fingerprint density at radius 1 is 1.00 bits per heavy atom. The van der Waals surface area contributed by atoms with Crippen LogP contribution in [0.5, 0.6) is 11.5 Å². The molecule has 1 aliphatic rings. The van der Waals surface area contributed by atoms with E-state index in [1.807, 2.05) is 0 Å². The van der Waals surface area contributed by atoms with E-state index in [0.29, 0.717) is 40.9 Å². The van der Waals surface area contributed by atoms with Crippen LogP contribution in [0.15, 0.2) is 30.3 Å². The Balaban J connectivity index is 2.00. The lowest BCUT2D eigenvalue weighted by Gasteiger charge is -2.22. The predicted octanol–water partition coefficient (Wildman–Crippen LogP) is 3.95. The fourth-order valence-corrected chi connectivity index (χ4v) is 2.59. The van der Waals surface area contributed by atoms with Gasteiger partial charge in [0.1, 0.15) is 19.0 Å². The molecule has 0 aromatic heterocycles. The lowest BCUT2D eigenvalue weighted by Crippen LogP contribution is -2.17. The molecule has 0 radical (unpaired) electrons. The zero-order valence-corrected chi connectivity index (χ0v) is 12.4. The van der Waals surface area contributed by atoms with E-state index in [0.717, 1.165) is 0 Å². The van der Waals surface area contributed by atoms with Crippen LogP contribution in [0.2, 0.25) is 10.0 Å². The van der Waals surface area contributed by atoms with E-state index in [9.17, 15) is 4.39 Å². The molecule has 2 aromatic rings. The van der Waals surface area contributed by atoms with Crippen LogP contribution in [0.25, 0.3) is 0 Å². The molecule has 0 saturated heterocycles. The minimum Gasteiger partial charge on any atom is -0.486 e. The monoisotopic (exact) mass is 327 g/mol. The maximum atomic E-state index is 13.6. The number of rotatable bonds is 2. The molecule has 1 unspecified atom stereocenters. The van der Waals surface area contributed by atoms with Gasteiger partial charge >= 0.3 is 0 Å². The summed E-state index contributed by atoms with van der Waals surface area (Å²) in [5, 5.41) is 0.501. The second-order valence-electron chi connectivity index (χ2n) is 4.67. The number of benzene rings is 2. The van der Waals surface area contributed by atoms with Crippen LogP contribution >= 0.6 is 23.2 Å². The summed E-state index contributed by atoms with van der Waals surface area (Å²) in [6.07, 6.45) is 0. The first-order chi connectivity index (χ1) is 10.1. The predicted molar refractivity (Wildman–Crippen MR) is 79.9 cm³/mol. The van der Waals surface area contributed by atoms with Crippen molar-refractivity contribution in [2.45, 2.75) is 6.04 Å². The molecular weight excluding hydrogens is 316 g/mol. The minimum atomic E-state index is -0.583. The Bertz CT molecular complexity index is 694. The van der Waals surface area contributed by atoms with Gasteiger partial charge in [0.2, 0.25) is 0 Å². The maximum Gasteiger partial charge on any atom is 0.162 e. The molecule has 21 heavy (non-hydrogen) atoms. The summed E-state index contributed by atoms with van der Waals surface area (Å²) in [4.78, 5) is 0. The third kappa shape index (κ3) is 2.79. The molecule has 0 saturated carbocycles. The Morgan fingerprint density at radius 3 is 2.33 bits per heavy atom. The number of hydrogen-bond acceptors (Lipinski definition) is 3. The van der Waals surface area contributed by atoms with E-state index >= 15 is 0 Å². The highest BCUT2D eigenvalue weighted by molar-refractivity contribution is 6.31. The highest BCUT2D eigenvalue weighted by atomic mass is 35.5. The van der Waals surface area contributed by atoms with Crippen molar-refractivity contribution in [3.05, 3.63) is 57.3 Å². The van der Waals surface area contributed by atoms with Crippen LogP contribution in [0, 0.1) is 5.82 Å². The highest BCUT2D eigenvalue weighted by Gasteiger charge is 2.20. The third-order valence-corrected chi connectivity index (χ3v) is 3.93. The van der Waals surface area contributed by atoms with Crippen molar-refractivity contribution in [3.8, 4) is 11.5 Å². The molecule has 1 aliphatic heterocycles. The first-order valence-electron chi connectivity index (χ1n) is 6.36. The normalized spacial score (nSPS) is 14.9. The number of nitrogens with two attached hydrogens (primary N) is 1. The molecule has 2 aromatic carbocycles. The molecule has 3 nitrogen and oxygen atoms in total. The number of halogens is 3. The molecule has 2 N–H and O–H groups in total. The first-order valence-corrected chi connectivity index (χ1v) is 7.11. The van der Waals surface area contributed by atoms with Gasteiger partial charge in [0.15, 0.2) is 11.5 Å². The average molecular weight is 328 g/mol. The summed E-state index contributed by atoms with van der Waals surface area (Å²) in [6.45, 7) is 0.954. The average Bonchev–Trinajstić information content (AvgIpc) is 2.48. The summed E-state index contributed by atoms with van der Waals surface area (Å²) in [5.41, 5.74) is 7.40.